The van der Waals surface area contributed by atoms with E-state index < -0.39 is 6.17 Å². The van der Waals surface area contributed by atoms with Gasteiger partial charge in [-0.2, -0.15) is 0 Å². The van der Waals surface area contributed by atoms with Crippen molar-refractivity contribution in [2.45, 2.75) is 19.0 Å². The lowest BCUT2D eigenvalue weighted by atomic mass is 10.1. The SMILES string of the molecule is O=C(c1cnc2c(Br)cccc2c1)N1CCCC(F)C1. The van der Waals surface area contributed by atoms with E-state index in [4.69, 9.17) is 0 Å². The topological polar surface area (TPSA) is 33.2 Å². The van der Waals surface area contributed by atoms with Crippen LogP contribution < -0.4 is 0 Å². The first kappa shape index (κ1) is 13.5. The number of nitrogens with zero attached hydrogens (tertiary/aromatic N) is 2. The Kier molecular flexibility index (Phi) is 3.70. The molecule has 2 aromatic rings. The quantitative estimate of drug-likeness (QED) is 0.797. The number of carbonyl (C=O) groups is 1. The number of hydrogen-bond acceptors (Lipinski definition) is 2. The van der Waals surface area contributed by atoms with Crippen molar-refractivity contribution in [3.05, 3.63) is 40.5 Å². The molecule has 5 heteroatoms. The third kappa shape index (κ3) is 2.54. The lowest BCUT2D eigenvalue weighted by molar-refractivity contribution is 0.0636. The molecule has 3 rings (SSSR count). The number of piperidine rings is 1. The minimum atomic E-state index is -0.907. The number of alkyl halides is 1. The van der Waals surface area contributed by atoms with Crippen LogP contribution in [0, 0.1) is 0 Å². The van der Waals surface area contributed by atoms with Gasteiger partial charge in [-0.1, -0.05) is 12.1 Å². The molecule has 20 heavy (non-hydrogen) atoms. The van der Waals surface area contributed by atoms with Gasteiger partial charge in [0.1, 0.15) is 6.17 Å². The normalized spacial score (nSPS) is 19.3. The van der Waals surface area contributed by atoms with Crippen LogP contribution in [0.3, 0.4) is 0 Å². The van der Waals surface area contributed by atoms with Gasteiger partial charge in [0.05, 0.1) is 17.6 Å². The summed E-state index contributed by atoms with van der Waals surface area (Å²) in [7, 11) is 0. The third-order valence-electron chi connectivity index (χ3n) is 3.56. The van der Waals surface area contributed by atoms with E-state index in [1.54, 1.807) is 11.1 Å². The number of likely N-dealkylation sites (tertiary alicyclic amines) is 1. The summed E-state index contributed by atoms with van der Waals surface area (Å²) in [5.74, 6) is -0.137. The van der Waals surface area contributed by atoms with Crippen LogP contribution in [-0.4, -0.2) is 35.1 Å². The van der Waals surface area contributed by atoms with E-state index in [9.17, 15) is 9.18 Å². The van der Waals surface area contributed by atoms with Crippen molar-refractivity contribution in [3.8, 4) is 0 Å². The number of rotatable bonds is 1. The summed E-state index contributed by atoms with van der Waals surface area (Å²) in [6.45, 7) is 0.811. The number of aromatic nitrogens is 1. The Morgan fingerprint density at radius 1 is 1.45 bits per heavy atom. The number of fused-ring (bicyclic) bond motifs is 1. The first-order valence-electron chi connectivity index (χ1n) is 6.63. The minimum absolute atomic E-state index is 0.137. The van der Waals surface area contributed by atoms with Crippen LogP contribution in [-0.2, 0) is 0 Å². The molecule has 104 valence electrons. The van der Waals surface area contributed by atoms with Gasteiger partial charge >= 0.3 is 0 Å². The number of carbonyl (C=O) groups excluding carboxylic acids is 1. The van der Waals surface area contributed by atoms with E-state index >= 15 is 0 Å². The molecule has 1 aliphatic heterocycles. The number of para-hydroxylation sites is 1. The summed E-state index contributed by atoms with van der Waals surface area (Å²) in [5, 5.41) is 0.902. The smallest absolute Gasteiger partial charge is 0.255 e. The maximum Gasteiger partial charge on any atom is 0.255 e. The Labute approximate surface area is 124 Å². The van der Waals surface area contributed by atoms with Crippen molar-refractivity contribution in [1.29, 1.82) is 0 Å². The van der Waals surface area contributed by atoms with E-state index in [0.717, 1.165) is 21.8 Å². The fraction of sp³-hybridized carbons (Fsp3) is 0.333. The number of pyridine rings is 1. The largest absolute Gasteiger partial charge is 0.336 e. The van der Waals surface area contributed by atoms with Crippen LogP contribution in [0.4, 0.5) is 4.39 Å². The Hall–Kier alpha value is -1.49. The molecule has 0 aliphatic carbocycles. The van der Waals surface area contributed by atoms with Crippen LogP contribution in [0.2, 0.25) is 0 Å². The maximum atomic E-state index is 13.4. The first-order chi connectivity index (χ1) is 9.65. The summed E-state index contributed by atoms with van der Waals surface area (Å²) >= 11 is 3.44. The predicted octanol–water partition coefficient (Wildman–Crippen LogP) is 3.57. The molecule has 1 aliphatic rings. The fourth-order valence-electron chi connectivity index (χ4n) is 2.53. The van der Waals surface area contributed by atoms with Crippen LogP contribution in [0.25, 0.3) is 10.9 Å². The molecule has 1 amide bonds. The number of benzene rings is 1. The van der Waals surface area contributed by atoms with Gasteiger partial charge < -0.3 is 4.90 Å². The van der Waals surface area contributed by atoms with Gasteiger partial charge in [0.15, 0.2) is 0 Å². The molecule has 0 saturated carbocycles. The zero-order chi connectivity index (χ0) is 14.1. The van der Waals surface area contributed by atoms with E-state index in [2.05, 4.69) is 20.9 Å². The molecule has 0 bridgehead atoms. The second-order valence-electron chi connectivity index (χ2n) is 5.03. The molecule has 0 spiro atoms. The van der Waals surface area contributed by atoms with E-state index in [1.807, 2.05) is 24.3 Å². The third-order valence-corrected chi connectivity index (χ3v) is 4.20. The molecule has 1 saturated heterocycles. The highest BCUT2D eigenvalue weighted by molar-refractivity contribution is 9.10. The van der Waals surface area contributed by atoms with Gasteiger partial charge in [-0.15, -0.1) is 0 Å². The Bertz CT molecular complexity index is 661. The molecular weight excluding hydrogens is 323 g/mol. The molecule has 1 unspecified atom stereocenters. The van der Waals surface area contributed by atoms with E-state index in [0.29, 0.717) is 18.5 Å². The highest BCUT2D eigenvalue weighted by Crippen LogP contribution is 2.23. The summed E-state index contributed by atoms with van der Waals surface area (Å²) in [5.41, 5.74) is 1.34. The van der Waals surface area contributed by atoms with Crippen LogP contribution in [0.5, 0.6) is 0 Å². The molecule has 0 radical (unpaired) electrons. The van der Waals surface area contributed by atoms with Crippen molar-refractivity contribution in [1.82, 2.24) is 9.88 Å². The van der Waals surface area contributed by atoms with Crippen molar-refractivity contribution < 1.29 is 9.18 Å². The highest BCUT2D eigenvalue weighted by atomic mass is 79.9. The average Bonchev–Trinajstić information content (AvgIpc) is 2.46. The summed E-state index contributed by atoms with van der Waals surface area (Å²) in [6, 6.07) is 7.55. The fourth-order valence-corrected chi connectivity index (χ4v) is 3.02. The molecule has 0 N–H and O–H groups in total. The second-order valence-corrected chi connectivity index (χ2v) is 5.88. The summed E-state index contributed by atoms with van der Waals surface area (Å²) in [4.78, 5) is 18.3. The first-order valence-corrected chi connectivity index (χ1v) is 7.42. The molecule has 1 atom stereocenters. The molecule has 2 heterocycles. The van der Waals surface area contributed by atoms with Gasteiger partial charge in [-0.3, -0.25) is 9.78 Å². The Balaban J connectivity index is 1.92. The predicted molar refractivity (Wildman–Crippen MR) is 79.5 cm³/mol. The minimum Gasteiger partial charge on any atom is -0.336 e. The number of halogens is 2. The van der Waals surface area contributed by atoms with Gasteiger partial charge in [0.25, 0.3) is 5.91 Å². The Morgan fingerprint density at radius 3 is 3.10 bits per heavy atom. The van der Waals surface area contributed by atoms with E-state index in [1.165, 1.54) is 0 Å². The van der Waals surface area contributed by atoms with Gasteiger partial charge in [0, 0.05) is 22.6 Å². The monoisotopic (exact) mass is 336 g/mol. The molecule has 3 nitrogen and oxygen atoms in total. The summed E-state index contributed by atoms with van der Waals surface area (Å²) in [6.07, 6.45) is 1.93. The second kappa shape index (κ2) is 5.48. The van der Waals surface area contributed by atoms with Gasteiger partial charge in [-0.25, -0.2) is 4.39 Å². The van der Waals surface area contributed by atoms with Gasteiger partial charge in [-0.05, 0) is 40.9 Å². The van der Waals surface area contributed by atoms with Crippen LogP contribution in [0.15, 0.2) is 34.9 Å². The molecular formula is C15H14BrFN2O. The van der Waals surface area contributed by atoms with Gasteiger partial charge in [0.2, 0.25) is 0 Å². The summed E-state index contributed by atoms with van der Waals surface area (Å²) < 4.78 is 14.3. The molecule has 1 aromatic carbocycles. The van der Waals surface area contributed by atoms with Crippen molar-refractivity contribution in [3.63, 3.8) is 0 Å². The maximum absolute atomic E-state index is 13.4. The molecule has 1 fully saturated rings. The molecule has 1 aromatic heterocycles. The van der Waals surface area contributed by atoms with E-state index in [-0.39, 0.29) is 12.5 Å². The number of amides is 1. The van der Waals surface area contributed by atoms with Crippen molar-refractivity contribution >= 4 is 32.7 Å². The van der Waals surface area contributed by atoms with Crippen molar-refractivity contribution in [2.75, 3.05) is 13.1 Å². The lowest BCUT2D eigenvalue weighted by Gasteiger charge is -2.29. The lowest BCUT2D eigenvalue weighted by Crippen LogP contribution is -2.40. The zero-order valence-corrected chi connectivity index (χ0v) is 12.4. The standard InChI is InChI=1S/C15H14BrFN2O/c16-13-5-1-3-10-7-11(8-18-14(10)13)15(20)19-6-2-4-12(17)9-19/h1,3,5,7-8,12H,2,4,6,9H2. The zero-order valence-electron chi connectivity index (χ0n) is 10.9. The van der Waals surface area contributed by atoms with Crippen LogP contribution in [0.1, 0.15) is 23.2 Å². The number of hydrogen-bond donors (Lipinski definition) is 0. The van der Waals surface area contributed by atoms with Crippen molar-refractivity contribution in [2.24, 2.45) is 0 Å². The Morgan fingerprint density at radius 2 is 2.30 bits per heavy atom. The average molecular weight is 337 g/mol. The highest BCUT2D eigenvalue weighted by Gasteiger charge is 2.24. The van der Waals surface area contributed by atoms with Crippen LogP contribution >= 0.6 is 15.9 Å².